The summed E-state index contributed by atoms with van der Waals surface area (Å²) in [7, 11) is 0. The second kappa shape index (κ2) is 6.93. The van der Waals surface area contributed by atoms with Crippen LogP contribution in [0.4, 0.5) is 5.69 Å². The molecule has 0 fully saturated rings. The first-order valence-electron chi connectivity index (χ1n) is 6.92. The van der Waals surface area contributed by atoms with Gasteiger partial charge in [-0.2, -0.15) is 0 Å². The Morgan fingerprint density at radius 1 is 1.48 bits per heavy atom. The Hall–Kier alpha value is -2.18. The third-order valence-corrected chi connectivity index (χ3v) is 5.47. The van der Waals surface area contributed by atoms with Crippen LogP contribution in [0.25, 0.3) is 10.1 Å². The first-order valence-corrected chi connectivity index (χ1v) is 8.63. The van der Waals surface area contributed by atoms with Crippen LogP contribution in [-0.2, 0) is 0 Å². The molecule has 0 saturated carbocycles. The summed E-state index contributed by atoms with van der Waals surface area (Å²) in [5, 5.41) is 20.4. The normalized spacial score (nSPS) is 10.8. The summed E-state index contributed by atoms with van der Waals surface area (Å²) in [5.41, 5.74) is 0.877. The van der Waals surface area contributed by atoms with Crippen LogP contribution in [0.1, 0.15) is 28.8 Å². The minimum atomic E-state index is -0.993. The van der Waals surface area contributed by atoms with Gasteiger partial charge in [0.2, 0.25) is 0 Å². The molecule has 1 heterocycles. The second-order valence-electron chi connectivity index (χ2n) is 5.38. The number of aryl methyl sites for hydroxylation is 1. The van der Waals surface area contributed by atoms with Crippen molar-refractivity contribution in [2.45, 2.75) is 20.8 Å². The number of nitrogens with zero attached hydrogens (tertiary/aromatic N) is 2. The van der Waals surface area contributed by atoms with E-state index in [-0.39, 0.29) is 21.8 Å². The Kier molecular flexibility index (Phi) is 5.18. The van der Waals surface area contributed by atoms with E-state index in [1.165, 1.54) is 6.07 Å². The fraction of sp³-hybridized carbons (Fsp3) is 0.333. The van der Waals surface area contributed by atoms with Gasteiger partial charge in [-0.05, 0) is 0 Å². The van der Waals surface area contributed by atoms with Crippen molar-refractivity contribution >= 4 is 26.2 Å². The number of benzene rings is 1. The molecule has 1 aromatic carbocycles. The maximum atomic E-state index is 11.3. The summed E-state index contributed by atoms with van der Waals surface area (Å²) in [6, 6.07) is 4.62. The van der Waals surface area contributed by atoms with Crippen molar-refractivity contribution in [3.63, 3.8) is 0 Å². The van der Waals surface area contributed by atoms with Gasteiger partial charge in [-0.3, -0.25) is 0 Å². The molecule has 0 bridgehead atoms. The van der Waals surface area contributed by atoms with Gasteiger partial charge in [0.25, 0.3) is 0 Å². The van der Waals surface area contributed by atoms with Crippen molar-refractivity contribution in [2.75, 3.05) is 6.61 Å². The van der Waals surface area contributed by atoms with E-state index in [2.05, 4.69) is 4.98 Å². The number of carboxylic acids is 1. The Balaban J connectivity index is 2.41. The van der Waals surface area contributed by atoms with E-state index in [4.69, 9.17) is 9.84 Å². The monoisotopic (exact) mass is 384 g/mol. The average molecular weight is 383 g/mol. The maximum absolute atomic E-state index is 11.3. The molecule has 0 amide bonds. The topological polar surface area (TPSA) is 103 Å². The Morgan fingerprint density at radius 3 is 2.70 bits per heavy atom. The van der Waals surface area contributed by atoms with Crippen LogP contribution in [0.3, 0.4) is 0 Å². The van der Waals surface area contributed by atoms with Gasteiger partial charge in [0.1, 0.15) is 0 Å². The van der Waals surface area contributed by atoms with Crippen molar-refractivity contribution in [1.82, 2.24) is 4.98 Å². The van der Waals surface area contributed by atoms with E-state index in [1.807, 2.05) is 13.8 Å². The van der Waals surface area contributed by atoms with Gasteiger partial charge in [-0.15, -0.1) is 0 Å². The first kappa shape index (κ1) is 17.2. The second-order valence-corrected chi connectivity index (χ2v) is 7.48. The predicted octanol–water partition coefficient (Wildman–Crippen LogP) is 2.76. The summed E-state index contributed by atoms with van der Waals surface area (Å²) in [6.45, 7) is 5.93. The zero-order chi connectivity index (χ0) is 17.1. The summed E-state index contributed by atoms with van der Waals surface area (Å²) in [6.07, 6.45) is 0. The van der Waals surface area contributed by atoms with E-state index in [0.717, 1.165) is 0 Å². The fourth-order valence-corrected chi connectivity index (χ4v) is 3.78. The zero-order valence-electron chi connectivity index (χ0n) is 12.9. The number of carbonyl (C=O) groups is 1. The van der Waals surface area contributed by atoms with Crippen LogP contribution < -0.4 is 4.74 Å². The molecule has 2 aromatic rings. The van der Waals surface area contributed by atoms with E-state index in [1.54, 1.807) is 19.1 Å². The van der Waals surface area contributed by atoms with E-state index >= 15 is 0 Å². The van der Waals surface area contributed by atoms with Gasteiger partial charge in [-0.25, -0.2) is 0 Å². The molecule has 0 spiro atoms. The molecule has 0 saturated heterocycles. The van der Waals surface area contributed by atoms with Gasteiger partial charge in [0, 0.05) is 0 Å². The van der Waals surface area contributed by atoms with E-state index in [9.17, 15) is 14.9 Å². The van der Waals surface area contributed by atoms with Crippen LogP contribution >= 0.6 is 0 Å². The molecule has 0 aliphatic heterocycles. The molecule has 8 heteroatoms. The molecule has 7 nitrogen and oxygen atoms in total. The van der Waals surface area contributed by atoms with E-state index < -0.39 is 25.4 Å². The molecule has 0 aliphatic carbocycles. The molecule has 0 atom stereocenters. The number of nitro benzene ring substituents is 1. The molecule has 0 aliphatic rings. The number of ether oxygens (including phenoxy) is 1. The molecular weight excluding hydrogens is 367 g/mol. The van der Waals surface area contributed by atoms with Crippen molar-refractivity contribution in [3.8, 4) is 15.9 Å². The first-order chi connectivity index (χ1) is 10.8. The Morgan fingerprint density at radius 2 is 2.17 bits per heavy atom. The van der Waals surface area contributed by atoms with Crippen molar-refractivity contribution < 1.29 is 19.6 Å². The summed E-state index contributed by atoms with van der Waals surface area (Å²) in [4.78, 5) is 26.1. The Labute approximate surface area is 138 Å². The van der Waals surface area contributed by atoms with Crippen molar-refractivity contribution in [2.24, 2.45) is 5.92 Å². The molecule has 2 rings (SSSR count). The van der Waals surface area contributed by atoms with Crippen molar-refractivity contribution in [1.29, 1.82) is 0 Å². The Bertz CT molecular complexity index is 754. The SMILES string of the molecule is Cc1nc(-c2ccc(OCC(C)C)c([N+](=O)[O-])c2)[se]c1C(=O)O. The summed E-state index contributed by atoms with van der Waals surface area (Å²) in [5.74, 6) is -0.531. The summed E-state index contributed by atoms with van der Waals surface area (Å²) >= 11 is -0.468. The third kappa shape index (κ3) is 3.97. The number of rotatable bonds is 6. The molecule has 1 N–H and O–H groups in total. The average Bonchev–Trinajstić information content (AvgIpc) is 2.87. The molecule has 23 heavy (non-hydrogen) atoms. The van der Waals surface area contributed by atoms with Gasteiger partial charge in [-0.1, -0.05) is 0 Å². The molecule has 0 radical (unpaired) electrons. The number of hydrogen-bond acceptors (Lipinski definition) is 5. The zero-order valence-corrected chi connectivity index (χ0v) is 14.6. The van der Waals surface area contributed by atoms with Gasteiger partial charge >= 0.3 is 138 Å². The summed E-state index contributed by atoms with van der Waals surface area (Å²) < 4.78 is 6.33. The number of carboxylic acid groups (broad SMARTS) is 1. The number of nitro groups is 1. The van der Waals surface area contributed by atoms with Crippen molar-refractivity contribution in [3.05, 3.63) is 38.4 Å². The molecular formula is C15H16N2O5Se. The molecule has 0 unspecified atom stereocenters. The number of aromatic nitrogens is 1. The fourth-order valence-electron chi connectivity index (χ4n) is 1.89. The van der Waals surface area contributed by atoms with E-state index in [0.29, 0.717) is 22.4 Å². The number of hydrogen-bond donors (Lipinski definition) is 1. The predicted molar refractivity (Wildman–Crippen MR) is 85.3 cm³/mol. The number of aromatic carboxylic acids is 1. The minimum absolute atomic E-state index is 0.136. The standard InChI is InChI=1S/C15H16N2O5Se/c1-8(2)7-22-12-5-4-10(6-11(12)17(20)21)14-16-9(3)13(23-14)15(18)19/h4-6,8H,7H2,1-3H3,(H,18,19). The molecule has 1 aromatic heterocycles. The van der Waals surface area contributed by atoms with Crippen LogP contribution in [0.15, 0.2) is 18.2 Å². The van der Waals surface area contributed by atoms with Crippen LogP contribution in [0, 0.1) is 23.0 Å². The molecule has 122 valence electrons. The van der Waals surface area contributed by atoms with Gasteiger partial charge in [0.15, 0.2) is 0 Å². The van der Waals surface area contributed by atoms with Gasteiger partial charge in [0.05, 0.1) is 0 Å². The van der Waals surface area contributed by atoms with Gasteiger partial charge < -0.3 is 0 Å². The van der Waals surface area contributed by atoms with Crippen LogP contribution in [0.5, 0.6) is 5.75 Å². The quantitative estimate of drug-likeness (QED) is 0.468. The van der Waals surface area contributed by atoms with Crippen LogP contribution in [-0.4, -0.2) is 42.1 Å². The third-order valence-electron chi connectivity index (χ3n) is 2.97. The van der Waals surface area contributed by atoms with Crippen LogP contribution in [0.2, 0.25) is 0 Å².